The van der Waals surface area contributed by atoms with E-state index in [1.807, 2.05) is 75.5 Å². The Bertz CT molecular complexity index is 1030. The van der Waals surface area contributed by atoms with Crippen LogP contribution in [0, 0.1) is 23.7 Å². The fourth-order valence-corrected chi connectivity index (χ4v) is 3.98. The average Bonchev–Trinajstić information content (AvgIpc) is 2.75. The lowest BCUT2D eigenvalue weighted by Gasteiger charge is -2.32. The van der Waals surface area contributed by atoms with Crippen molar-refractivity contribution in [3.63, 3.8) is 0 Å². The molecule has 4 nitrogen and oxygen atoms in total. The highest BCUT2D eigenvalue weighted by Gasteiger charge is 2.35. The van der Waals surface area contributed by atoms with Gasteiger partial charge in [0, 0.05) is 30.1 Å². The number of allylic oxidation sites excluding steroid dienone is 2. The Morgan fingerprint density at radius 1 is 1.20 bits per heavy atom. The molecule has 3 rings (SSSR count). The van der Waals surface area contributed by atoms with E-state index in [0.717, 1.165) is 29.5 Å². The minimum absolute atomic E-state index is 0.00951. The molecule has 0 aliphatic heterocycles. The molecule has 0 unspecified atom stereocenters. The first-order chi connectivity index (χ1) is 14.2. The third-order valence-electron chi connectivity index (χ3n) is 5.74. The van der Waals surface area contributed by atoms with Gasteiger partial charge >= 0.3 is 0 Å². The van der Waals surface area contributed by atoms with Crippen LogP contribution in [0.4, 0.5) is 0 Å². The van der Waals surface area contributed by atoms with Gasteiger partial charge in [-0.2, -0.15) is 0 Å². The van der Waals surface area contributed by atoms with Crippen LogP contribution in [0.2, 0.25) is 0 Å². The van der Waals surface area contributed by atoms with Gasteiger partial charge in [-0.15, -0.1) is 6.42 Å². The third kappa shape index (κ3) is 4.63. The van der Waals surface area contributed by atoms with Gasteiger partial charge in [-0.1, -0.05) is 50.1 Å². The van der Waals surface area contributed by atoms with Crippen molar-refractivity contribution in [3.05, 3.63) is 71.4 Å². The summed E-state index contributed by atoms with van der Waals surface area (Å²) in [4.78, 5) is 26.8. The fourth-order valence-electron chi connectivity index (χ4n) is 3.98. The molecule has 0 aromatic heterocycles. The zero-order valence-electron chi connectivity index (χ0n) is 17.8. The van der Waals surface area contributed by atoms with E-state index < -0.39 is 5.41 Å². The smallest absolute Gasteiger partial charge is 0.253 e. The highest BCUT2D eigenvalue weighted by Crippen LogP contribution is 2.35. The molecular formula is C26H28N2O2. The summed E-state index contributed by atoms with van der Waals surface area (Å²) >= 11 is 0. The Kier molecular flexibility index (Phi) is 6.12. The van der Waals surface area contributed by atoms with E-state index in [1.165, 1.54) is 0 Å². The largest absolute Gasteiger partial charge is 0.396 e. The predicted octanol–water partition coefficient (Wildman–Crippen LogP) is 4.25. The molecule has 30 heavy (non-hydrogen) atoms. The van der Waals surface area contributed by atoms with Crippen LogP contribution >= 0.6 is 0 Å². The number of terminal acetylenes is 1. The average molecular weight is 401 g/mol. The van der Waals surface area contributed by atoms with E-state index in [-0.39, 0.29) is 17.6 Å². The predicted molar refractivity (Wildman–Crippen MR) is 121 cm³/mol. The minimum atomic E-state index is -0.449. The van der Waals surface area contributed by atoms with Crippen molar-refractivity contribution in [2.45, 2.75) is 26.7 Å². The topological polar surface area (TPSA) is 63.4 Å². The van der Waals surface area contributed by atoms with Crippen molar-refractivity contribution in [1.29, 1.82) is 0 Å². The molecule has 1 aliphatic rings. The van der Waals surface area contributed by atoms with Crippen molar-refractivity contribution < 1.29 is 9.59 Å². The Labute approximate surface area is 178 Å². The molecule has 1 amide bonds. The van der Waals surface area contributed by atoms with Crippen molar-refractivity contribution in [2.75, 3.05) is 13.6 Å². The molecule has 0 saturated carbocycles. The minimum Gasteiger partial charge on any atom is -0.396 e. The summed E-state index contributed by atoms with van der Waals surface area (Å²) in [6.45, 7) is 4.45. The molecule has 0 fully saturated rings. The van der Waals surface area contributed by atoms with Gasteiger partial charge in [0.1, 0.15) is 0 Å². The fraction of sp³-hybridized carbons (Fsp3) is 0.308. The van der Waals surface area contributed by atoms with Crippen LogP contribution in [0.5, 0.6) is 0 Å². The number of nitrogens with zero attached hydrogens (tertiary/aromatic N) is 1. The van der Waals surface area contributed by atoms with E-state index in [2.05, 4.69) is 5.92 Å². The lowest BCUT2D eigenvalue weighted by atomic mass is 9.73. The molecule has 0 saturated heterocycles. The Balaban J connectivity index is 1.68. The molecule has 0 spiro atoms. The number of nitrogens with two attached hydrogens (primary N) is 1. The molecule has 2 aromatic rings. The molecule has 1 aliphatic carbocycles. The van der Waals surface area contributed by atoms with Gasteiger partial charge in [0.05, 0.1) is 5.70 Å². The van der Waals surface area contributed by atoms with Gasteiger partial charge in [-0.05, 0) is 54.2 Å². The molecule has 154 valence electrons. The Morgan fingerprint density at radius 2 is 1.90 bits per heavy atom. The van der Waals surface area contributed by atoms with Crippen LogP contribution < -0.4 is 5.73 Å². The summed E-state index contributed by atoms with van der Waals surface area (Å²) < 4.78 is 0. The second kappa shape index (κ2) is 8.59. The van der Waals surface area contributed by atoms with Gasteiger partial charge in [0.2, 0.25) is 0 Å². The summed E-state index contributed by atoms with van der Waals surface area (Å²) in [5.74, 6) is 2.78. The summed E-state index contributed by atoms with van der Waals surface area (Å²) in [5.41, 5.74) is 9.26. The maximum Gasteiger partial charge on any atom is 0.253 e. The number of rotatable bonds is 5. The number of hydrogen-bond donors (Lipinski definition) is 1. The van der Waals surface area contributed by atoms with Gasteiger partial charge in [0.15, 0.2) is 5.78 Å². The van der Waals surface area contributed by atoms with Crippen molar-refractivity contribution in [3.8, 4) is 23.5 Å². The maximum absolute atomic E-state index is 13.0. The van der Waals surface area contributed by atoms with Crippen LogP contribution in [0.15, 0.2) is 60.3 Å². The normalized spacial score (nSPS) is 17.7. The lowest BCUT2D eigenvalue weighted by molar-refractivity contribution is -0.124. The van der Waals surface area contributed by atoms with Gasteiger partial charge in [0.25, 0.3) is 5.91 Å². The van der Waals surface area contributed by atoms with E-state index in [4.69, 9.17) is 12.2 Å². The monoisotopic (exact) mass is 400 g/mol. The standard InChI is InChI=1S/C26H28N2O2/c1-5-18-9-11-20(12-10-18)21-7-6-8-22(16-21)25(30)28(4)14-13-19-15-23(27)24(29)26(2,3)17-19/h1,6-12,15-16,19H,13-14,17,27H2,2-4H3/t19-/m0/s1. The van der Waals surface area contributed by atoms with Crippen LogP contribution in [-0.4, -0.2) is 30.2 Å². The second-order valence-electron chi connectivity index (χ2n) is 8.62. The highest BCUT2D eigenvalue weighted by atomic mass is 16.2. The molecule has 1 atom stereocenters. The first-order valence-corrected chi connectivity index (χ1v) is 10.2. The SMILES string of the molecule is C#Cc1ccc(-c2cccc(C(=O)N(C)CC[C@H]3C=C(N)C(=O)C(C)(C)C3)c2)cc1. The number of carbonyl (C=O) groups is 2. The Morgan fingerprint density at radius 3 is 2.53 bits per heavy atom. The van der Waals surface area contributed by atoms with Gasteiger partial charge in [-0.3, -0.25) is 9.59 Å². The van der Waals surface area contributed by atoms with E-state index in [9.17, 15) is 9.59 Å². The summed E-state index contributed by atoms with van der Waals surface area (Å²) in [6, 6.07) is 15.3. The van der Waals surface area contributed by atoms with Crippen molar-refractivity contribution in [1.82, 2.24) is 4.90 Å². The van der Waals surface area contributed by atoms with Crippen molar-refractivity contribution >= 4 is 11.7 Å². The zero-order chi connectivity index (χ0) is 21.9. The van der Waals surface area contributed by atoms with Crippen molar-refractivity contribution in [2.24, 2.45) is 17.1 Å². The third-order valence-corrected chi connectivity index (χ3v) is 5.74. The van der Waals surface area contributed by atoms with E-state index >= 15 is 0 Å². The van der Waals surface area contributed by atoms with Crippen LogP contribution in [0.25, 0.3) is 11.1 Å². The molecule has 0 radical (unpaired) electrons. The zero-order valence-corrected chi connectivity index (χ0v) is 17.8. The highest BCUT2D eigenvalue weighted by molar-refractivity contribution is 5.99. The lowest BCUT2D eigenvalue weighted by Crippen LogP contribution is -2.36. The maximum atomic E-state index is 13.0. The molecule has 0 heterocycles. The second-order valence-corrected chi connectivity index (χ2v) is 8.62. The number of hydrogen-bond acceptors (Lipinski definition) is 3. The quantitative estimate of drug-likeness (QED) is 0.763. The number of amides is 1. The molecule has 2 aromatic carbocycles. The number of carbonyl (C=O) groups excluding carboxylic acids is 2. The molecule has 2 N–H and O–H groups in total. The summed E-state index contributed by atoms with van der Waals surface area (Å²) in [7, 11) is 1.81. The van der Waals surface area contributed by atoms with E-state index in [1.54, 1.807) is 4.90 Å². The number of benzene rings is 2. The van der Waals surface area contributed by atoms with Crippen LogP contribution in [0.3, 0.4) is 0 Å². The number of Topliss-reactive ketones (excluding diaryl/α,β-unsaturated/α-hetero) is 1. The number of ketones is 1. The van der Waals surface area contributed by atoms with Gasteiger partial charge < -0.3 is 10.6 Å². The first kappa shape index (κ1) is 21.4. The molecule has 0 bridgehead atoms. The first-order valence-electron chi connectivity index (χ1n) is 10.2. The molecule has 4 heteroatoms. The Hall–Kier alpha value is -3.32. The van der Waals surface area contributed by atoms with E-state index in [0.29, 0.717) is 17.8 Å². The van der Waals surface area contributed by atoms with Crippen LogP contribution in [0.1, 0.15) is 42.6 Å². The van der Waals surface area contributed by atoms with Gasteiger partial charge in [-0.25, -0.2) is 0 Å². The summed E-state index contributed by atoms with van der Waals surface area (Å²) in [5, 5.41) is 0. The molecular weight excluding hydrogens is 372 g/mol. The summed E-state index contributed by atoms with van der Waals surface area (Å²) in [6.07, 6.45) is 8.79. The van der Waals surface area contributed by atoms with Crippen LogP contribution in [-0.2, 0) is 4.79 Å².